The highest BCUT2D eigenvalue weighted by molar-refractivity contribution is 8.13. The van der Waals surface area contributed by atoms with Crippen molar-refractivity contribution < 1.29 is 0 Å². The number of hydrogen-bond donors (Lipinski definition) is 0. The average molecular weight is 354 g/mol. The first-order valence-electron chi connectivity index (χ1n) is 8.33. The van der Waals surface area contributed by atoms with Crippen molar-refractivity contribution in [1.29, 1.82) is 0 Å². The van der Waals surface area contributed by atoms with E-state index >= 15 is 0 Å². The van der Waals surface area contributed by atoms with Gasteiger partial charge in [-0.15, -0.1) is 0 Å². The molecule has 0 atom stereocenters. The summed E-state index contributed by atoms with van der Waals surface area (Å²) in [5.74, 6) is 0. The van der Waals surface area contributed by atoms with Crippen LogP contribution in [-0.2, 0) is 0 Å². The molecule has 132 valence electrons. The van der Waals surface area contributed by atoms with Gasteiger partial charge in [0.1, 0.15) is 0 Å². The van der Waals surface area contributed by atoms with Crippen LogP contribution in [-0.4, -0.2) is 32.6 Å². The number of rotatable bonds is 4. The molecule has 0 unspecified atom stereocenters. The van der Waals surface area contributed by atoms with Crippen LogP contribution in [0, 0.1) is 6.92 Å². The van der Waals surface area contributed by atoms with Crippen molar-refractivity contribution in [3.63, 3.8) is 0 Å². The van der Waals surface area contributed by atoms with Crippen LogP contribution in [0.4, 0.5) is 11.4 Å². The first kappa shape index (κ1) is 19.1. The second-order valence-corrected chi connectivity index (χ2v) is 6.77. The molecule has 0 bridgehead atoms. The third kappa shape index (κ3) is 4.45. The van der Waals surface area contributed by atoms with Gasteiger partial charge in [-0.05, 0) is 55.5 Å². The Balaban J connectivity index is 2.54. The van der Waals surface area contributed by atoms with Crippen molar-refractivity contribution >= 4 is 34.0 Å². The number of aliphatic imine (C=N–C) groups is 1. The Morgan fingerprint density at radius 2 is 1.72 bits per heavy atom. The summed E-state index contributed by atoms with van der Waals surface area (Å²) in [6.45, 7) is 4.19. The summed E-state index contributed by atoms with van der Waals surface area (Å²) in [5.41, 5.74) is 5.85. The van der Waals surface area contributed by atoms with E-state index in [9.17, 15) is 0 Å². The van der Waals surface area contributed by atoms with Crippen LogP contribution in [0.25, 0.3) is 5.70 Å². The lowest BCUT2D eigenvalue weighted by atomic mass is 10.1. The minimum atomic E-state index is 0.968. The molecule has 2 aromatic carbocycles. The second kappa shape index (κ2) is 8.77. The molecule has 0 N–H and O–H groups in total. The zero-order chi connectivity index (χ0) is 18.4. The Hall–Kier alpha value is -2.20. The summed E-state index contributed by atoms with van der Waals surface area (Å²) < 4.78 is 0. The molecule has 0 aromatic heterocycles. The molecule has 0 aliphatic heterocycles. The number of nitrogens with zero attached hydrogens (tertiary/aromatic N) is 3. The number of benzene rings is 2. The van der Waals surface area contributed by atoms with Crippen molar-refractivity contribution in [1.82, 2.24) is 0 Å². The second-order valence-electron chi connectivity index (χ2n) is 6.00. The van der Waals surface area contributed by atoms with E-state index in [1.54, 1.807) is 11.8 Å². The van der Waals surface area contributed by atoms with E-state index in [4.69, 9.17) is 0 Å². The summed E-state index contributed by atoms with van der Waals surface area (Å²) in [7, 11) is 5.96. The van der Waals surface area contributed by atoms with Gasteiger partial charge in [0, 0.05) is 32.5 Å². The predicted octanol–water partition coefficient (Wildman–Crippen LogP) is 5.28. The fourth-order valence-corrected chi connectivity index (χ4v) is 3.33. The highest BCUT2D eigenvalue weighted by Gasteiger charge is 2.19. The van der Waals surface area contributed by atoms with Gasteiger partial charge in [0.25, 0.3) is 0 Å². The van der Waals surface area contributed by atoms with Gasteiger partial charge in [-0.3, -0.25) is 9.89 Å². The molecule has 0 aliphatic carbocycles. The lowest BCUT2D eigenvalue weighted by molar-refractivity contribution is 1.13. The smallest absolute Gasteiger partial charge is 0.167 e. The van der Waals surface area contributed by atoms with Crippen molar-refractivity contribution in [2.24, 2.45) is 4.99 Å². The molecule has 25 heavy (non-hydrogen) atoms. The molecule has 0 amide bonds. The number of amidine groups is 1. The number of aryl methyl sites for hydroxylation is 1. The van der Waals surface area contributed by atoms with Crippen LogP contribution in [0.3, 0.4) is 0 Å². The normalized spacial score (nSPS) is 12.2. The Bertz CT molecular complexity index is 761. The molecule has 4 heteroatoms. The minimum Gasteiger partial charge on any atom is -0.378 e. The summed E-state index contributed by atoms with van der Waals surface area (Å²) in [5, 5.41) is 0.968. The molecule has 0 fully saturated rings. The summed E-state index contributed by atoms with van der Waals surface area (Å²) >= 11 is 1.65. The van der Waals surface area contributed by atoms with Crippen LogP contribution >= 0.6 is 11.8 Å². The van der Waals surface area contributed by atoms with Crippen LogP contribution in [0.5, 0.6) is 0 Å². The van der Waals surface area contributed by atoms with E-state index in [0.717, 1.165) is 16.6 Å². The van der Waals surface area contributed by atoms with Gasteiger partial charge in [-0.25, -0.2) is 0 Å². The number of allylic oxidation sites excluding steroid dienone is 1. The van der Waals surface area contributed by atoms with Gasteiger partial charge in [0.05, 0.1) is 5.70 Å². The highest BCUT2D eigenvalue weighted by atomic mass is 32.2. The average Bonchev–Trinajstić information content (AvgIpc) is 2.62. The molecule has 0 saturated carbocycles. The van der Waals surface area contributed by atoms with Gasteiger partial charge < -0.3 is 4.90 Å². The summed E-state index contributed by atoms with van der Waals surface area (Å²) in [4.78, 5) is 8.84. The van der Waals surface area contributed by atoms with Crippen LogP contribution in [0.2, 0.25) is 0 Å². The molecule has 0 spiro atoms. The molecule has 3 nitrogen and oxygen atoms in total. The van der Waals surface area contributed by atoms with Gasteiger partial charge in [0.15, 0.2) is 5.17 Å². The fraction of sp³-hybridized carbons (Fsp3) is 0.286. The lowest BCUT2D eigenvalue weighted by Gasteiger charge is -2.28. The number of anilines is 2. The maximum absolute atomic E-state index is 4.51. The van der Waals surface area contributed by atoms with Crippen molar-refractivity contribution in [2.75, 3.05) is 37.2 Å². The topological polar surface area (TPSA) is 18.8 Å². The first-order valence-corrected chi connectivity index (χ1v) is 9.56. The largest absolute Gasteiger partial charge is 0.378 e. The number of hydrogen-bond acceptors (Lipinski definition) is 3. The zero-order valence-corrected chi connectivity index (χ0v) is 16.8. The van der Waals surface area contributed by atoms with Gasteiger partial charge in [0.2, 0.25) is 0 Å². The summed E-state index contributed by atoms with van der Waals surface area (Å²) in [6.07, 6.45) is 4.21. The quantitative estimate of drug-likeness (QED) is 0.551. The molecular formula is C21H27N3S. The molecule has 2 rings (SSSR count). The van der Waals surface area contributed by atoms with Gasteiger partial charge in [-0.1, -0.05) is 42.1 Å². The fourth-order valence-electron chi connectivity index (χ4n) is 2.76. The highest BCUT2D eigenvalue weighted by Crippen LogP contribution is 2.30. The van der Waals surface area contributed by atoms with Gasteiger partial charge in [-0.2, -0.15) is 0 Å². The van der Waals surface area contributed by atoms with Gasteiger partial charge >= 0.3 is 0 Å². The van der Waals surface area contributed by atoms with Crippen molar-refractivity contribution in [3.8, 4) is 0 Å². The van der Waals surface area contributed by atoms with E-state index in [-0.39, 0.29) is 0 Å². The predicted molar refractivity (Wildman–Crippen MR) is 115 cm³/mol. The molecule has 0 saturated heterocycles. The lowest BCUT2D eigenvalue weighted by Crippen LogP contribution is -2.27. The molecule has 2 aromatic rings. The maximum atomic E-state index is 4.51. The third-order valence-corrected chi connectivity index (χ3v) is 4.75. The summed E-state index contributed by atoms with van der Waals surface area (Å²) in [6, 6.07) is 17.2. The van der Waals surface area contributed by atoms with E-state index in [1.807, 2.05) is 7.05 Å². The monoisotopic (exact) mass is 353 g/mol. The molecule has 0 aliphatic rings. The van der Waals surface area contributed by atoms with E-state index in [0.29, 0.717) is 0 Å². The molecule has 0 heterocycles. The standard InChI is InChI=1S/C21H27N3S/c1-7-20(17-11-13-18(14-12-17)23(4)5)24(21(22-3)25-6)19-10-8-9-16(2)15-19/h7-15H,1-6H3/b20-7-,22-21?. The Labute approximate surface area is 156 Å². The van der Waals surface area contributed by atoms with E-state index in [1.165, 1.54) is 16.8 Å². The van der Waals surface area contributed by atoms with Crippen LogP contribution < -0.4 is 9.80 Å². The van der Waals surface area contributed by atoms with Crippen molar-refractivity contribution in [3.05, 3.63) is 65.7 Å². The Morgan fingerprint density at radius 1 is 1.04 bits per heavy atom. The Kier molecular flexibility index (Phi) is 6.71. The number of thioether (sulfide) groups is 1. The van der Waals surface area contributed by atoms with Crippen molar-refractivity contribution in [2.45, 2.75) is 13.8 Å². The maximum Gasteiger partial charge on any atom is 0.167 e. The zero-order valence-electron chi connectivity index (χ0n) is 15.9. The molecular weight excluding hydrogens is 326 g/mol. The first-order chi connectivity index (χ1) is 12.0. The minimum absolute atomic E-state index is 0.968. The molecule has 0 radical (unpaired) electrons. The van der Waals surface area contributed by atoms with Crippen LogP contribution in [0.1, 0.15) is 18.1 Å². The third-order valence-electron chi connectivity index (χ3n) is 4.02. The van der Waals surface area contributed by atoms with E-state index in [2.05, 4.69) is 104 Å². The van der Waals surface area contributed by atoms with Crippen LogP contribution in [0.15, 0.2) is 59.6 Å². The SMILES string of the molecule is C/C=C(/c1ccc(N(C)C)cc1)N(C(=NC)SC)c1cccc(C)c1. The van der Waals surface area contributed by atoms with E-state index < -0.39 is 0 Å². The Morgan fingerprint density at radius 3 is 2.20 bits per heavy atom.